The van der Waals surface area contributed by atoms with Crippen molar-refractivity contribution >= 4 is 34.0 Å². The van der Waals surface area contributed by atoms with Gasteiger partial charge in [0.05, 0.1) is 13.2 Å². The molecule has 4 rings (SSSR count). The number of hydrogen-bond acceptors (Lipinski definition) is 8. The van der Waals surface area contributed by atoms with Gasteiger partial charge in [-0.2, -0.15) is 0 Å². The molecule has 0 bridgehead atoms. The molecule has 1 amide bonds. The summed E-state index contributed by atoms with van der Waals surface area (Å²) in [5, 5.41) is 4.23. The van der Waals surface area contributed by atoms with E-state index in [9.17, 15) is 4.79 Å². The van der Waals surface area contributed by atoms with Crippen LogP contribution in [0.3, 0.4) is 0 Å². The van der Waals surface area contributed by atoms with Crippen LogP contribution in [0.2, 0.25) is 0 Å². The van der Waals surface area contributed by atoms with Crippen LogP contribution < -0.4 is 10.2 Å². The monoisotopic (exact) mass is 456 g/mol. The molecule has 2 aliphatic rings. The number of amides is 1. The Morgan fingerprint density at radius 2 is 2.19 bits per heavy atom. The second kappa shape index (κ2) is 10.4. The first-order valence-corrected chi connectivity index (χ1v) is 12.0. The smallest absolute Gasteiger partial charge is 0.246 e. The van der Waals surface area contributed by atoms with Gasteiger partial charge in [0.1, 0.15) is 11.6 Å². The van der Waals surface area contributed by atoms with Crippen LogP contribution in [0.5, 0.6) is 0 Å². The van der Waals surface area contributed by atoms with Gasteiger partial charge in [-0.1, -0.05) is 6.58 Å². The van der Waals surface area contributed by atoms with Crippen LogP contribution in [0.4, 0.5) is 16.8 Å². The van der Waals surface area contributed by atoms with E-state index in [4.69, 9.17) is 9.72 Å². The third-order valence-corrected chi connectivity index (χ3v) is 6.86. The number of likely N-dealkylation sites (N-methyl/N-ethyl adjacent to an activating group) is 1. The van der Waals surface area contributed by atoms with Crippen molar-refractivity contribution < 1.29 is 9.53 Å². The molecule has 1 N–H and O–H groups in total. The van der Waals surface area contributed by atoms with E-state index in [1.165, 1.54) is 11.6 Å². The fourth-order valence-corrected chi connectivity index (χ4v) is 4.91. The van der Waals surface area contributed by atoms with Gasteiger partial charge >= 0.3 is 0 Å². The zero-order valence-electron chi connectivity index (χ0n) is 18.9. The van der Waals surface area contributed by atoms with E-state index in [1.54, 1.807) is 11.3 Å². The molecule has 9 heteroatoms. The van der Waals surface area contributed by atoms with Crippen LogP contribution in [0.1, 0.15) is 23.3 Å². The van der Waals surface area contributed by atoms with Gasteiger partial charge in [0, 0.05) is 56.9 Å². The Morgan fingerprint density at radius 3 is 2.91 bits per heavy atom. The summed E-state index contributed by atoms with van der Waals surface area (Å²) in [6.45, 7) is 11.4. The molecule has 0 saturated carbocycles. The van der Waals surface area contributed by atoms with E-state index < -0.39 is 0 Å². The number of thiazole rings is 1. The Kier molecular flexibility index (Phi) is 7.39. The van der Waals surface area contributed by atoms with E-state index in [-0.39, 0.29) is 11.9 Å². The maximum Gasteiger partial charge on any atom is 0.246 e. The van der Waals surface area contributed by atoms with Crippen LogP contribution >= 0.6 is 11.3 Å². The number of pyridine rings is 1. The van der Waals surface area contributed by atoms with Gasteiger partial charge in [0.15, 0.2) is 5.13 Å². The molecular formula is C23H32N6O2S. The van der Waals surface area contributed by atoms with Crippen LogP contribution in [0, 0.1) is 6.92 Å². The van der Waals surface area contributed by atoms with Crippen molar-refractivity contribution in [2.45, 2.75) is 32.4 Å². The standard InChI is InChI=1S/C23H32N6O2S/c1-4-22(30)29-7-5-6-19(16-29)27(3)21-13-18(15-28-8-10-31-11-9-28)12-20(25-21)26-23-24-14-17(2)32-23/h4,12-14,19H,1,5-11,15-16H2,2-3H3,(H,24,25,26). The third kappa shape index (κ3) is 5.65. The summed E-state index contributed by atoms with van der Waals surface area (Å²) in [5.74, 6) is 1.70. The highest BCUT2D eigenvalue weighted by Crippen LogP contribution is 2.27. The fourth-order valence-electron chi connectivity index (χ4n) is 4.23. The van der Waals surface area contributed by atoms with Gasteiger partial charge in [0.25, 0.3) is 0 Å². The minimum absolute atomic E-state index is 0.00128. The van der Waals surface area contributed by atoms with Crippen molar-refractivity contribution in [2.75, 3.05) is 56.7 Å². The van der Waals surface area contributed by atoms with Crippen LogP contribution in [-0.2, 0) is 16.1 Å². The zero-order valence-corrected chi connectivity index (χ0v) is 19.7. The second-order valence-corrected chi connectivity index (χ2v) is 9.64. The number of likely N-dealkylation sites (tertiary alicyclic amines) is 1. The molecule has 0 spiro atoms. The number of rotatable bonds is 7. The van der Waals surface area contributed by atoms with Crippen molar-refractivity contribution in [3.05, 3.63) is 41.4 Å². The van der Waals surface area contributed by atoms with Crippen LogP contribution in [0.15, 0.2) is 31.0 Å². The molecule has 2 aromatic rings. The van der Waals surface area contributed by atoms with E-state index in [0.717, 1.165) is 73.9 Å². The largest absolute Gasteiger partial charge is 0.379 e. The molecule has 8 nitrogen and oxygen atoms in total. The molecule has 2 fully saturated rings. The molecule has 2 aromatic heterocycles. The average molecular weight is 457 g/mol. The average Bonchev–Trinajstić information content (AvgIpc) is 3.23. The predicted molar refractivity (Wildman–Crippen MR) is 129 cm³/mol. The summed E-state index contributed by atoms with van der Waals surface area (Å²) in [7, 11) is 2.07. The lowest BCUT2D eigenvalue weighted by molar-refractivity contribution is -0.127. The first kappa shape index (κ1) is 22.7. The molecule has 2 aliphatic heterocycles. The second-order valence-electron chi connectivity index (χ2n) is 8.40. The molecule has 4 heterocycles. The lowest BCUT2D eigenvalue weighted by Gasteiger charge is -2.38. The van der Waals surface area contributed by atoms with Crippen molar-refractivity contribution in [3.8, 4) is 0 Å². The van der Waals surface area contributed by atoms with E-state index in [2.05, 4.69) is 45.9 Å². The lowest BCUT2D eigenvalue weighted by atomic mass is 10.0. The number of carbonyl (C=O) groups is 1. The predicted octanol–water partition coefficient (Wildman–Crippen LogP) is 3.04. The molecule has 0 aromatic carbocycles. The highest BCUT2D eigenvalue weighted by molar-refractivity contribution is 7.15. The number of aromatic nitrogens is 2. The maximum atomic E-state index is 12.1. The summed E-state index contributed by atoms with van der Waals surface area (Å²) in [4.78, 5) is 29.1. The van der Waals surface area contributed by atoms with Crippen LogP contribution in [0.25, 0.3) is 0 Å². The summed E-state index contributed by atoms with van der Waals surface area (Å²) in [5.41, 5.74) is 1.20. The maximum absolute atomic E-state index is 12.1. The number of anilines is 3. The van der Waals surface area contributed by atoms with Gasteiger partial charge < -0.3 is 19.9 Å². The van der Waals surface area contributed by atoms with Crippen molar-refractivity contribution in [2.24, 2.45) is 0 Å². The Bertz CT molecular complexity index is 942. The molecule has 1 atom stereocenters. The lowest BCUT2D eigenvalue weighted by Crippen LogP contribution is -2.48. The third-order valence-electron chi connectivity index (χ3n) is 6.03. The fraction of sp³-hybridized carbons (Fsp3) is 0.522. The number of morpholine rings is 1. The Morgan fingerprint density at radius 1 is 1.38 bits per heavy atom. The molecule has 1 unspecified atom stereocenters. The zero-order chi connectivity index (χ0) is 22.5. The first-order valence-electron chi connectivity index (χ1n) is 11.2. The number of carbonyl (C=O) groups excluding carboxylic acids is 1. The van der Waals surface area contributed by atoms with Gasteiger partial charge in [-0.3, -0.25) is 9.69 Å². The van der Waals surface area contributed by atoms with E-state index >= 15 is 0 Å². The molecule has 172 valence electrons. The van der Waals surface area contributed by atoms with Gasteiger partial charge in [0.2, 0.25) is 5.91 Å². The Balaban J connectivity index is 1.57. The SMILES string of the molecule is C=CC(=O)N1CCCC(N(C)c2cc(CN3CCOCC3)cc(Nc3ncc(C)s3)n2)C1. The quantitative estimate of drug-likeness (QED) is 0.642. The summed E-state index contributed by atoms with van der Waals surface area (Å²) < 4.78 is 5.50. The van der Waals surface area contributed by atoms with Gasteiger partial charge in [-0.15, -0.1) is 11.3 Å². The summed E-state index contributed by atoms with van der Waals surface area (Å²) in [6, 6.07) is 4.49. The summed E-state index contributed by atoms with van der Waals surface area (Å²) in [6.07, 6.45) is 5.28. The van der Waals surface area contributed by atoms with E-state index in [0.29, 0.717) is 6.54 Å². The van der Waals surface area contributed by atoms with Crippen molar-refractivity contribution in [3.63, 3.8) is 0 Å². The Hall–Kier alpha value is -2.49. The number of nitrogens with one attached hydrogen (secondary N) is 1. The van der Waals surface area contributed by atoms with Gasteiger partial charge in [-0.25, -0.2) is 9.97 Å². The molecule has 0 radical (unpaired) electrons. The van der Waals surface area contributed by atoms with Crippen molar-refractivity contribution in [1.29, 1.82) is 0 Å². The number of ether oxygens (including phenoxy) is 1. The number of aryl methyl sites for hydroxylation is 1. The number of nitrogens with zero attached hydrogens (tertiary/aromatic N) is 5. The highest BCUT2D eigenvalue weighted by atomic mass is 32.1. The molecule has 32 heavy (non-hydrogen) atoms. The summed E-state index contributed by atoms with van der Waals surface area (Å²) >= 11 is 1.62. The normalized spacial score (nSPS) is 19.6. The molecule has 0 aliphatic carbocycles. The highest BCUT2D eigenvalue weighted by Gasteiger charge is 2.26. The minimum Gasteiger partial charge on any atom is -0.379 e. The number of hydrogen-bond donors (Lipinski definition) is 1. The topological polar surface area (TPSA) is 73.8 Å². The van der Waals surface area contributed by atoms with Crippen molar-refractivity contribution in [1.82, 2.24) is 19.8 Å². The molecule has 2 saturated heterocycles. The van der Waals surface area contributed by atoms with Gasteiger partial charge in [-0.05, 0) is 43.5 Å². The first-order chi connectivity index (χ1) is 15.5. The van der Waals surface area contributed by atoms with Crippen LogP contribution in [-0.4, -0.2) is 78.2 Å². The molecular weight excluding hydrogens is 424 g/mol. The van der Waals surface area contributed by atoms with E-state index in [1.807, 2.05) is 18.0 Å². The number of piperidine rings is 1. The minimum atomic E-state index is -0.00128. The Labute approximate surface area is 193 Å².